The molecular weight excluding hydrogens is 242 g/mol. The maximum atomic E-state index is 11.4. The van der Waals surface area contributed by atoms with Gasteiger partial charge in [-0.25, -0.2) is 4.98 Å². The van der Waals surface area contributed by atoms with Crippen LogP contribution in [0.5, 0.6) is 0 Å². The Morgan fingerprint density at radius 1 is 1.42 bits per heavy atom. The Labute approximate surface area is 110 Å². The van der Waals surface area contributed by atoms with Crippen LogP contribution in [0.2, 0.25) is 0 Å². The van der Waals surface area contributed by atoms with E-state index in [9.17, 15) is 9.59 Å². The lowest BCUT2D eigenvalue weighted by Gasteiger charge is -2.07. The van der Waals surface area contributed by atoms with Crippen molar-refractivity contribution in [3.8, 4) is 11.3 Å². The van der Waals surface area contributed by atoms with Crippen molar-refractivity contribution in [2.75, 3.05) is 5.32 Å². The van der Waals surface area contributed by atoms with E-state index in [1.165, 1.54) is 0 Å². The Balaban J connectivity index is 2.16. The maximum Gasteiger partial charge on any atom is 0.228 e. The van der Waals surface area contributed by atoms with Gasteiger partial charge in [0.15, 0.2) is 6.29 Å². The van der Waals surface area contributed by atoms with Gasteiger partial charge < -0.3 is 9.88 Å². The van der Waals surface area contributed by atoms with Gasteiger partial charge in [-0.05, 0) is 24.6 Å². The van der Waals surface area contributed by atoms with Crippen LogP contribution in [0, 0.1) is 6.92 Å². The molecule has 1 N–H and O–H groups in total. The summed E-state index contributed by atoms with van der Waals surface area (Å²) < 4.78 is 1.88. The molecule has 1 aliphatic rings. The minimum absolute atomic E-state index is 0.00366. The van der Waals surface area contributed by atoms with Crippen LogP contribution in [-0.4, -0.2) is 21.7 Å². The quantitative estimate of drug-likeness (QED) is 0.831. The Hall–Kier alpha value is -2.43. The Kier molecular flexibility index (Phi) is 2.48. The van der Waals surface area contributed by atoms with Crippen molar-refractivity contribution < 1.29 is 9.59 Å². The van der Waals surface area contributed by atoms with Crippen LogP contribution < -0.4 is 5.32 Å². The number of aryl methyl sites for hydroxylation is 1. The number of anilines is 1. The number of fused-ring (bicyclic) bond motifs is 1. The van der Waals surface area contributed by atoms with E-state index in [0.717, 1.165) is 34.6 Å². The van der Waals surface area contributed by atoms with Crippen molar-refractivity contribution >= 4 is 17.9 Å². The highest BCUT2D eigenvalue weighted by Crippen LogP contribution is 2.30. The van der Waals surface area contributed by atoms with Crippen LogP contribution in [0.3, 0.4) is 0 Å². The number of aromatic nitrogens is 2. The summed E-state index contributed by atoms with van der Waals surface area (Å²) in [7, 11) is 1.88. The zero-order chi connectivity index (χ0) is 13.6. The molecule has 1 aliphatic heterocycles. The number of benzene rings is 1. The van der Waals surface area contributed by atoms with Gasteiger partial charge in [-0.1, -0.05) is 6.07 Å². The van der Waals surface area contributed by atoms with Gasteiger partial charge in [0.1, 0.15) is 11.5 Å². The maximum absolute atomic E-state index is 11.4. The molecule has 2 aromatic rings. The largest absolute Gasteiger partial charge is 0.331 e. The summed E-state index contributed by atoms with van der Waals surface area (Å²) in [6.45, 7) is 1.86. The summed E-state index contributed by atoms with van der Waals surface area (Å²) >= 11 is 0. The second-order valence-electron chi connectivity index (χ2n) is 4.67. The molecule has 3 rings (SSSR count). The molecule has 5 nitrogen and oxygen atoms in total. The van der Waals surface area contributed by atoms with Crippen molar-refractivity contribution in [1.29, 1.82) is 0 Å². The van der Waals surface area contributed by atoms with Crippen LogP contribution in [0.4, 0.5) is 5.69 Å². The van der Waals surface area contributed by atoms with Gasteiger partial charge in [-0.3, -0.25) is 9.59 Å². The molecule has 0 unspecified atom stereocenters. The second kappa shape index (κ2) is 4.05. The normalized spacial score (nSPS) is 13.3. The van der Waals surface area contributed by atoms with Crippen LogP contribution in [-0.2, 0) is 18.3 Å². The smallest absolute Gasteiger partial charge is 0.228 e. The molecule has 0 saturated heterocycles. The predicted octanol–water partition coefficient (Wildman–Crippen LogP) is 1.70. The fraction of sp³-hybridized carbons (Fsp3) is 0.214. The molecule has 1 amide bonds. The van der Waals surface area contributed by atoms with Gasteiger partial charge in [0.2, 0.25) is 5.91 Å². The molecular formula is C14H13N3O2. The molecule has 0 spiro atoms. The van der Waals surface area contributed by atoms with E-state index in [2.05, 4.69) is 10.3 Å². The average Bonchev–Trinajstić information content (AvgIpc) is 2.88. The van der Waals surface area contributed by atoms with Gasteiger partial charge in [-0.2, -0.15) is 0 Å². The fourth-order valence-electron chi connectivity index (χ4n) is 2.44. The predicted molar refractivity (Wildman–Crippen MR) is 71.1 cm³/mol. The van der Waals surface area contributed by atoms with E-state index in [-0.39, 0.29) is 5.91 Å². The number of aldehydes is 1. The summed E-state index contributed by atoms with van der Waals surface area (Å²) in [4.78, 5) is 26.7. The lowest BCUT2D eigenvalue weighted by Crippen LogP contribution is -2.03. The number of carbonyl (C=O) groups is 2. The van der Waals surface area contributed by atoms with Gasteiger partial charge in [0.25, 0.3) is 0 Å². The zero-order valence-electron chi connectivity index (χ0n) is 10.7. The number of nitrogens with zero attached hydrogens (tertiary/aromatic N) is 2. The van der Waals surface area contributed by atoms with Crippen molar-refractivity contribution in [2.45, 2.75) is 13.3 Å². The third-order valence-electron chi connectivity index (χ3n) is 3.46. The number of nitrogens with one attached hydrogen (secondary N) is 1. The van der Waals surface area contributed by atoms with Crippen molar-refractivity contribution in [3.05, 3.63) is 35.3 Å². The van der Waals surface area contributed by atoms with Gasteiger partial charge >= 0.3 is 0 Å². The van der Waals surface area contributed by atoms with Gasteiger partial charge in [0, 0.05) is 18.3 Å². The van der Waals surface area contributed by atoms with Crippen LogP contribution in [0.25, 0.3) is 11.3 Å². The summed E-state index contributed by atoms with van der Waals surface area (Å²) in [5, 5.41) is 2.79. The van der Waals surface area contributed by atoms with E-state index >= 15 is 0 Å². The number of carbonyl (C=O) groups excluding carboxylic acids is 2. The molecule has 0 fully saturated rings. The molecule has 5 heteroatoms. The molecule has 0 atom stereocenters. The molecule has 1 aromatic heterocycles. The molecule has 96 valence electrons. The van der Waals surface area contributed by atoms with Crippen LogP contribution >= 0.6 is 0 Å². The van der Waals surface area contributed by atoms with Crippen LogP contribution in [0.1, 0.15) is 21.9 Å². The highest BCUT2D eigenvalue weighted by molar-refractivity contribution is 6.00. The second-order valence-corrected chi connectivity index (χ2v) is 4.67. The molecule has 2 heterocycles. The first kappa shape index (κ1) is 11.6. The van der Waals surface area contributed by atoms with Gasteiger partial charge in [-0.15, -0.1) is 0 Å². The third kappa shape index (κ3) is 1.74. The third-order valence-corrected chi connectivity index (χ3v) is 3.46. The number of hydrogen-bond acceptors (Lipinski definition) is 3. The fourth-order valence-corrected chi connectivity index (χ4v) is 2.44. The lowest BCUT2D eigenvalue weighted by molar-refractivity contribution is -0.115. The SMILES string of the molecule is Cc1nc(C=O)c(-c2ccc3c(c2)CC(=O)N3)n1C. The highest BCUT2D eigenvalue weighted by atomic mass is 16.1. The average molecular weight is 255 g/mol. The van der Waals surface area contributed by atoms with E-state index in [0.29, 0.717) is 12.1 Å². The first-order valence-corrected chi connectivity index (χ1v) is 6.02. The van der Waals surface area contributed by atoms with E-state index in [1.807, 2.05) is 36.7 Å². The molecule has 1 aromatic carbocycles. The molecule has 19 heavy (non-hydrogen) atoms. The molecule has 0 saturated carbocycles. The van der Waals surface area contributed by atoms with Crippen molar-refractivity contribution in [1.82, 2.24) is 9.55 Å². The molecule has 0 radical (unpaired) electrons. The number of rotatable bonds is 2. The summed E-state index contributed by atoms with van der Waals surface area (Å²) in [5.74, 6) is 0.788. The molecule has 0 bridgehead atoms. The number of imidazole rings is 1. The minimum atomic E-state index is 0.00366. The standard InChI is InChI=1S/C14H13N3O2/c1-8-15-12(7-18)14(17(8)2)9-3-4-11-10(5-9)6-13(19)16-11/h3-5,7H,6H2,1-2H3,(H,16,19). The van der Waals surface area contributed by atoms with Crippen molar-refractivity contribution in [2.24, 2.45) is 7.05 Å². The van der Waals surface area contributed by atoms with Crippen LogP contribution in [0.15, 0.2) is 18.2 Å². The topological polar surface area (TPSA) is 64.0 Å². The Bertz CT molecular complexity index is 701. The lowest BCUT2D eigenvalue weighted by atomic mass is 10.0. The Morgan fingerprint density at radius 2 is 2.21 bits per heavy atom. The molecule has 0 aliphatic carbocycles. The monoisotopic (exact) mass is 255 g/mol. The first-order chi connectivity index (χ1) is 9.10. The van der Waals surface area contributed by atoms with Gasteiger partial charge in [0.05, 0.1) is 12.1 Å². The zero-order valence-corrected chi connectivity index (χ0v) is 10.7. The summed E-state index contributed by atoms with van der Waals surface area (Å²) in [6.07, 6.45) is 1.15. The van der Waals surface area contributed by atoms with E-state index in [1.54, 1.807) is 0 Å². The summed E-state index contributed by atoms with van der Waals surface area (Å²) in [6, 6.07) is 5.71. The summed E-state index contributed by atoms with van der Waals surface area (Å²) in [5.41, 5.74) is 3.92. The first-order valence-electron chi connectivity index (χ1n) is 6.02. The highest BCUT2D eigenvalue weighted by Gasteiger charge is 2.20. The van der Waals surface area contributed by atoms with Crippen molar-refractivity contribution in [3.63, 3.8) is 0 Å². The number of amides is 1. The number of hydrogen-bond donors (Lipinski definition) is 1. The van der Waals surface area contributed by atoms with E-state index < -0.39 is 0 Å². The minimum Gasteiger partial charge on any atom is -0.331 e. The Morgan fingerprint density at radius 3 is 2.95 bits per heavy atom. The van der Waals surface area contributed by atoms with E-state index in [4.69, 9.17) is 0 Å².